The molecule has 0 saturated carbocycles. The number of aliphatic hydroxyl groups excluding tert-OH is 1. The van der Waals surface area contributed by atoms with Crippen molar-refractivity contribution >= 4 is 0 Å². The van der Waals surface area contributed by atoms with E-state index in [2.05, 4.69) is 15.1 Å². The molecule has 17 heavy (non-hydrogen) atoms. The Balaban J connectivity index is 1.91. The summed E-state index contributed by atoms with van der Waals surface area (Å²) in [6.45, 7) is 7.04. The SMILES string of the molecule is CC(C)c1nnc(CN2CCCC(CO)C2)o1. The average Bonchev–Trinajstić information content (AvgIpc) is 2.78. The summed E-state index contributed by atoms with van der Waals surface area (Å²) in [6, 6.07) is 0. The normalized spacial score (nSPS) is 22.2. The molecule has 1 aromatic heterocycles. The number of hydrogen-bond donors (Lipinski definition) is 1. The van der Waals surface area contributed by atoms with Crippen LogP contribution in [0.5, 0.6) is 0 Å². The van der Waals surface area contributed by atoms with E-state index in [9.17, 15) is 5.11 Å². The van der Waals surface area contributed by atoms with Gasteiger partial charge in [-0.3, -0.25) is 4.90 Å². The molecule has 0 amide bonds. The fraction of sp³-hybridized carbons (Fsp3) is 0.833. The minimum Gasteiger partial charge on any atom is -0.424 e. The van der Waals surface area contributed by atoms with E-state index >= 15 is 0 Å². The Morgan fingerprint density at radius 3 is 2.94 bits per heavy atom. The lowest BCUT2D eigenvalue weighted by Crippen LogP contribution is -2.36. The Morgan fingerprint density at radius 1 is 1.47 bits per heavy atom. The minimum absolute atomic E-state index is 0.275. The van der Waals surface area contributed by atoms with Gasteiger partial charge in [0.25, 0.3) is 0 Å². The van der Waals surface area contributed by atoms with E-state index in [0.29, 0.717) is 24.2 Å². The summed E-state index contributed by atoms with van der Waals surface area (Å²) in [7, 11) is 0. The number of piperidine rings is 1. The number of hydrogen-bond acceptors (Lipinski definition) is 5. The number of rotatable bonds is 4. The van der Waals surface area contributed by atoms with Gasteiger partial charge in [0.05, 0.1) is 6.54 Å². The first-order valence-corrected chi connectivity index (χ1v) is 6.34. The van der Waals surface area contributed by atoms with Crippen LogP contribution in [0.2, 0.25) is 0 Å². The smallest absolute Gasteiger partial charge is 0.230 e. The van der Waals surface area contributed by atoms with Gasteiger partial charge in [0.1, 0.15) is 0 Å². The van der Waals surface area contributed by atoms with Crippen molar-refractivity contribution in [2.45, 2.75) is 39.2 Å². The molecular weight excluding hydrogens is 218 g/mol. The molecule has 2 heterocycles. The molecule has 1 N–H and O–H groups in total. The Hall–Kier alpha value is -0.940. The van der Waals surface area contributed by atoms with Gasteiger partial charge in [-0.05, 0) is 25.3 Å². The summed E-state index contributed by atoms with van der Waals surface area (Å²) in [4.78, 5) is 2.28. The molecule has 5 heteroatoms. The van der Waals surface area contributed by atoms with Crippen molar-refractivity contribution in [2.75, 3.05) is 19.7 Å². The van der Waals surface area contributed by atoms with Crippen molar-refractivity contribution in [2.24, 2.45) is 5.92 Å². The van der Waals surface area contributed by atoms with Gasteiger partial charge < -0.3 is 9.52 Å². The van der Waals surface area contributed by atoms with E-state index in [1.54, 1.807) is 0 Å². The number of aromatic nitrogens is 2. The van der Waals surface area contributed by atoms with Gasteiger partial charge in [0.15, 0.2) is 0 Å². The molecule has 0 aliphatic carbocycles. The van der Waals surface area contributed by atoms with Crippen LogP contribution in [0.4, 0.5) is 0 Å². The third-order valence-electron chi connectivity index (χ3n) is 3.20. The summed E-state index contributed by atoms with van der Waals surface area (Å²) in [5.41, 5.74) is 0. The van der Waals surface area contributed by atoms with Gasteiger partial charge in [0, 0.05) is 19.1 Å². The van der Waals surface area contributed by atoms with Crippen molar-refractivity contribution < 1.29 is 9.52 Å². The Bertz CT molecular complexity index is 351. The van der Waals surface area contributed by atoms with Crippen molar-refractivity contribution in [1.82, 2.24) is 15.1 Å². The average molecular weight is 239 g/mol. The second-order valence-corrected chi connectivity index (χ2v) is 5.11. The number of likely N-dealkylation sites (tertiary alicyclic amines) is 1. The van der Waals surface area contributed by atoms with Crippen LogP contribution in [-0.2, 0) is 6.54 Å². The van der Waals surface area contributed by atoms with Gasteiger partial charge in [0.2, 0.25) is 11.8 Å². The summed E-state index contributed by atoms with van der Waals surface area (Å²) in [6.07, 6.45) is 2.25. The second-order valence-electron chi connectivity index (χ2n) is 5.11. The van der Waals surface area contributed by atoms with Crippen LogP contribution in [0.25, 0.3) is 0 Å². The van der Waals surface area contributed by atoms with Crippen molar-refractivity contribution in [1.29, 1.82) is 0 Å². The van der Waals surface area contributed by atoms with E-state index in [1.165, 1.54) is 0 Å². The Kier molecular flexibility index (Phi) is 4.12. The standard InChI is InChI=1S/C12H21N3O2/c1-9(2)12-14-13-11(17-12)7-15-5-3-4-10(6-15)8-16/h9-10,16H,3-8H2,1-2H3. The second kappa shape index (κ2) is 5.60. The van der Waals surface area contributed by atoms with Gasteiger partial charge in [-0.25, -0.2) is 0 Å². The van der Waals surface area contributed by atoms with Crippen LogP contribution in [0.15, 0.2) is 4.42 Å². The Morgan fingerprint density at radius 2 is 2.29 bits per heavy atom. The molecule has 0 spiro atoms. The van der Waals surface area contributed by atoms with Crippen LogP contribution in [0, 0.1) is 5.92 Å². The highest BCUT2D eigenvalue weighted by Gasteiger charge is 2.21. The highest BCUT2D eigenvalue weighted by molar-refractivity contribution is 4.88. The summed E-state index contributed by atoms with van der Waals surface area (Å²) >= 11 is 0. The first kappa shape index (κ1) is 12.5. The third-order valence-corrected chi connectivity index (χ3v) is 3.20. The molecule has 1 unspecified atom stereocenters. The molecule has 1 atom stereocenters. The number of aliphatic hydroxyl groups is 1. The minimum atomic E-state index is 0.275. The van der Waals surface area contributed by atoms with Crippen LogP contribution in [0.1, 0.15) is 44.4 Å². The first-order chi connectivity index (χ1) is 8.19. The van der Waals surface area contributed by atoms with Crippen molar-refractivity contribution in [3.8, 4) is 0 Å². The molecule has 1 saturated heterocycles. The zero-order valence-electron chi connectivity index (χ0n) is 10.6. The van der Waals surface area contributed by atoms with Crippen LogP contribution in [0.3, 0.4) is 0 Å². The lowest BCUT2D eigenvalue weighted by Gasteiger charge is -2.30. The van der Waals surface area contributed by atoms with Gasteiger partial charge in [-0.2, -0.15) is 0 Å². The molecular formula is C12H21N3O2. The van der Waals surface area contributed by atoms with Crippen LogP contribution in [-0.4, -0.2) is 39.9 Å². The quantitative estimate of drug-likeness (QED) is 0.860. The molecule has 0 radical (unpaired) electrons. The van der Waals surface area contributed by atoms with Crippen molar-refractivity contribution in [3.05, 3.63) is 11.8 Å². The fourth-order valence-electron chi connectivity index (χ4n) is 2.20. The largest absolute Gasteiger partial charge is 0.424 e. The summed E-state index contributed by atoms with van der Waals surface area (Å²) in [5, 5.41) is 17.3. The lowest BCUT2D eigenvalue weighted by molar-refractivity contribution is 0.108. The predicted octanol–water partition coefficient (Wildman–Crippen LogP) is 1.40. The zero-order valence-corrected chi connectivity index (χ0v) is 10.6. The fourth-order valence-corrected chi connectivity index (χ4v) is 2.20. The first-order valence-electron chi connectivity index (χ1n) is 6.34. The van der Waals surface area contributed by atoms with E-state index in [0.717, 1.165) is 25.9 Å². The molecule has 1 aliphatic heterocycles. The topological polar surface area (TPSA) is 62.4 Å². The van der Waals surface area contributed by atoms with E-state index in [1.807, 2.05) is 13.8 Å². The van der Waals surface area contributed by atoms with Crippen LogP contribution >= 0.6 is 0 Å². The van der Waals surface area contributed by atoms with Gasteiger partial charge in [-0.15, -0.1) is 10.2 Å². The zero-order chi connectivity index (χ0) is 12.3. The predicted molar refractivity (Wildman–Crippen MR) is 63.5 cm³/mol. The maximum atomic E-state index is 9.17. The van der Waals surface area contributed by atoms with Gasteiger partial charge in [-0.1, -0.05) is 13.8 Å². The number of nitrogens with zero attached hydrogens (tertiary/aromatic N) is 3. The maximum absolute atomic E-state index is 9.17. The molecule has 5 nitrogen and oxygen atoms in total. The molecule has 0 aromatic carbocycles. The van der Waals surface area contributed by atoms with Crippen molar-refractivity contribution in [3.63, 3.8) is 0 Å². The monoisotopic (exact) mass is 239 g/mol. The highest BCUT2D eigenvalue weighted by Crippen LogP contribution is 2.18. The molecule has 1 aromatic rings. The van der Waals surface area contributed by atoms with E-state index < -0.39 is 0 Å². The summed E-state index contributed by atoms with van der Waals surface area (Å²) in [5.74, 6) is 2.07. The molecule has 1 fully saturated rings. The summed E-state index contributed by atoms with van der Waals surface area (Å²) < 4.78 is 5.59. The molecule has 96 valence electrons. The molecule has 1 aliphatic rings. The third kappa shape index (κ3) is 3.26. The van der Waals surface area contributed by atoms with E-state index in [4.69, 9.17) is 4.42 Å². The van der Waals surface area contributed by atoms with Gasteiger partial charge >= 0.3 is 0 Å². The maximum Gasteiger partial charge on any atom is 0.230 e. The highest BCUT2D eigenvalue weighted by atomic mass is 16.4. The molecule has 2 rings (SSSR count). The van der Waals surface area contributed by atoms with Crippen LogP contribution < -0.4 is 0 Å². The molecule has 0 bridgehead atoms. The van der Waals surface area contributed by atoms with E-state index in [-0.39, 0.29) is 12.5 Å². The Labute approximate surface area is 102 Å². The lowest BCUT2D eigenvalue weighted by atomic mass is 9.99.